The molecule has 2 atom stereocenters. The number of benzene rings is 3. The van der Waals surface area contributed by atoms with Crippen molar-refractivity contribution in [2.45, 2.75) is 18.7 Å². The fraction of sp³-hybridized carbons (Fsp3) is 0.310. The number of anilines is 1. The van der Waals surface area contributed by atoms with E-state index in [1.54, 1.807) is 47.4 Å². The minimum atomic E-state index is -0.676. The minimum Gasteiger partial charge on any atom is -0.390 e. The molecule has 1 unspecified atom stereocenters. The molecule has 39 heavy (non-hydrogen) atoms. The molecule has 3 aromatic carbocycles. The van der Waals surface area contributed by atoms with Crippen LogP contribution in [0.15, 0.2) is 66.7 Å². The zero-order chi connectivity index (χ0) is 27.5. The summed E-state index contributed by atoms with van der Waals surface area (Å²) in [5.74, 6) is -0.195. The Morgan fingerprint density at radius 3 is 2.05 bits per heavy atom. The van der Waals surface area contributed by atoms with Gasteiger partial charge in [0.2, 0.25) is 0 Å². The maximum absolute atomic E-state index is 13.6. The average molecular weight is 588 g/mol. The van der Waals surface area contributed by atoms with Gasteiger partial charge >= 0.3 is 0 Å². The Kier molecular flexibility index (Phi) is 8.64. The molecule has 2 heterocycles. The maximum atomic E-state index is 13.6. The maximum Gasteiger partial charge on any atom is 0.256 e. The van der Waals surface area contributed by atoms with E-state index in [1.165, 1.54) is 0 Å². The molecule has 0 aliphatic carbocycles. The lowest BCUT2D eigenvalue weighted by Crippen LogP contribution is -2.54. The van der Waals surface area contributed by atoms with Gasteiger partial charge in [-0.15, -0.1) is 0 Å². The van der Waals surface area contributed by atoms with E-state index in [4.69, 9.17) is 34.8 Å². The third-order valence-corrected chi connectivity index (χ3v) is 8.06. The van der Waals surface area contributed by atoms with Gasteiger partial charge in [-0.1, -0.05) is 46.9 Å². The number of carbonyl (C=O) groups excluding carboxylic acids is 2. The number of likely N-dealkylation sites (tertiary alicyclic amines) is 1. The van der Waals surface area contributed by atoms with Gasteiger partial charge in [-0.2, -0.15) is 0 Å². The predicted molar refractivity (Wildman–Crippen MR) is 155 cm³/mol. The van der Waals surface area contributed by atoms with Crippen molar-refractivity contribution >= 4 is 52.3 Å². The van der Waals surface area contributed by atoms with Gasteiger partial charge in [0.05, 0.1) is 17.7 Å². The van der Waals surface area contributed by atoms with Gasteiger partial charge in [0, 0.05) is 72.1 Å². The Morgan fingerprint density at radius 1 is 0.769 bits per heavy atom. The average Bonchev–Trinajstić information content (AvgIpc) is 3.34. The van der Waals surface area contributed by atoms with Gasteiger partial charge in [0.15, 0.2) is 0 Å². The third kappa shape index (κ3) is 6.51. The van der Waals surface area contributed by atoms with Crippen LogP contribution in [0.1, 0.15) is 26.3 Å². The van der Waals surface area contributed by atoms with Crippen molar-refractivity contribution in [2.24, 2.45) is 0 Å². The number of hydrogen-bond acceptors (Lipinski definition) is 5. The summed E-state index contributed by atoms with van der Waals surface area (Å²) < 4.78 is 0. The van der Waals surface area contributed by atoms with E-state index in [-0.39, 0.29) is 24.4 Å². The molecule has 2 fully saturated rings. The van der Waals surface area contributed by atoms with Crippen molar-refractivity contribution in [3.63, 3.8) is 0 Å². The van der Waals surface area contributed by atoms with Crippen molar-refractivity contribution in [2.75, 3.05) is 44.6 Å². The molecule has 0 saturated carbocycles. The Morgan fingerprint density at radius 2 is 1.38 bits per heavy atom. The number of β-amino-alcohol motifs (C(OH)–C–C–N with tert-alkyl or cyclic N) is 1. The van der Waals surface area contributed by atoms with Crippen molar-refractivity contribution in [1.82, 2.24) is 14.7 Å². The highest BCUT2D eigenvalue weighted by Crippen LogP contribution is 2.27. The monoisotopic (exact) mass is 586 g/mol. The van der Waals surface area contributed by atoms with Crippen LogP contribution >= 0.6 is 34.8 Å². The van der Waals surface area contributed by atoms with E-state index in [0.29, 0.717) is 71.2 Å². The number of nitrogens with zero attached hydrogens (tertiary/aromatic N) is 3. The number of halogens is 3. The van der Waals surface area contributed by atoms with Crippen molar-refractivity contribution in [3.05, 3.63) is 98.5 Å². The molecular weight excluding hydrogens is 559 g/mol. The second-order valence-corrected chi connectivity index (χ2v) is 11.2. The molecule has 204 valence electrons. The first-order valence-electron chi connectivity index (χ1n) is 12.8. The third-order valence-electron chi connectivity index (χ3n) is 7.32. The van der Waals surface area contributed by atoms with Gasteiger partial charge in [-0.3, -0.25) is 14.5 Å². The van der Waals surface area contributed by atoms with E-state index < -0.39 is 6.10 Å². The summed E-state index contributed by atoms with van der Waals surface area (Å²) in [6.07, 6.45) is -0.676. The summed E-state index contributed by atoms with van der Waals surface area (Å²) in [7, 11) is 0. The van der Waals surface area contributed by atoms with Gasteiger partial charge < -0.3 is 20.2 Å². The Balaban J connectivity index is 1.21. The van der Waals surface area contributed by atoms with Crippen LogP contribution in [-0.4, -0.2) is 83.0 Å². The highest BCUT2D eigenvalue weighted by Gasteiger charge is 2.39. The van der Waals surface area contributed by atoms with Gasteiger partial charge in [-0.25, -0.2) is 0 Å². The van der Waals surface area contributed by atoms with Crippen LogP contribution in [0.5, 0.6) is 0 Å². The number of piperazine rings is 1. The van der Waals surface area contributed by atoms with E-state index in [9.17, 15) is 14.7 Å². The Labute approximate surface area is 242 Å². The van der Waals surface area contributed by atoms with Gasteiger partial charge in [0.25, 0.3) is 11.8 Å². The van der Waals surface area contributed by atoms with Crippen molar-refractivity contribution < 1.29 is 14.7 Å². The second-order valence-electron chi connectivity index (χ2n) is 9.85. The highest BCUT2D eigenvalue weighted by atomic mass is 35.5. The first-order valence-corrected chi connectivity index (χ1v) is 14.0. The molecule has 2 aliphatic rings. The number of carbonyl (C=O) groups is 2. The molecule has 0 spiro atoms. The molecule has 2 aliphatic heterocycles. The number of aliphatic hydroxyl groups is 1. The fourth-order valence-corrected chi connectivity index (χ4v) is 5.57. The molecule has 0 aromatic heterocycles. The van der Waals surface area contributed by atoms with Crippen LogP contribution in [0.3, 0.4) is 0 Å². The number of hydrogen-bond donors (Lipinski definition) is 2. The molecule has 5 rings (SSSR count). The molecule has 0 bridgehead atoms. The standard InChI is InChI=1S/C29H29Cl3N4O3/c30-21-5-1-19(2-6-21)16-33-25-15-23(32)9-10-24(25)29(39)36-17-26(27(37)18-36)34-11-13-35(14-12-34)28(38)20-3-7-22(31)8-4-20/h1-10,15,26-27,33,37H,11-14,16-18H2/t26?,27-/m1/s1. The van der Waals surface area contributed by atoms with Crippen LogP contribution in [0, 0.1) is 0 Å². The van der Waals surface area contributed by atoms with E-state index in [0.717, 1.165) is 5.56 Å². The Hall–Kier alpha value is -2.81. The fourth-order valence-electron chi connectivity index (χ4n) is 5.14. The predicted octanol–water partition coefficient (Wildman–Crippen LogP) is 4.90. The van der Waals surface area contributed by atoms with Gasteiger partial charge in [-0.05, 0) is 60.2 Å². The normalized spacial score (nSPS) is 19.8. The molecule has 3 aromatic rings. The summed E-state index contributed by atoms with van der Waals surface area (Å²) >= 11 is 18.2. The largest absolute Gasteiger partial charge is 0.390 e. The van der Waals surface area contributed by atoms with Crippen LogP contribution in [0.2, 0.25) is 15.1 Å². The summed E-state index contributed by atoms with van der Waals surface area (Å²) in [5, 5.41) is 16.0. The number of rotatable bonds is 6. The number of nitrogens with one attached hydrogen (secondary N) is 1. The molecule has 7 nitrogen and oxygen atoms in total. The quantitative estimate of drug-likeness (QED) is 0.429. The van der Waals surface area contributed by atoms with Crippen LogP contribution in [-0.2, 0) is 6.54 Å². The van der Waals surface area contributed by atoms with E-state index >= 15 is 0 Å². The van der Waals surface area contributed by atoms with E-state index in [2.05, 4.69) is 10.2 Å². The van der Waals surface area contributed by atoms with Crippen LogP contribution in [0.25, 0.3) is 0 Å². The number of aliphatic hydroxyl groups excluding tert-OH is 1. The van der Waals surface area contributed by atoms with E-state index in [1.807, 2.05) is 29.2 Å². The SMILES string of the molecule is O=C(c1ccc(Cl)cc1)N1CCN(C2CN(C(=O)c3ccc(Cl)cc3NCc3ccc(Cl)cc3)C[C@H]2O)CC1. The minimum absolute atomic E-state index is 0.0311. The zero-order valence-electron chi connectivity index (χ0n) is 21.2. The molecule has 10 heteroatoms. The molecule has 2 amide bonds. The smallest absolute Gasteiger partial charge is 0.256 e. The lowest BCUT2D eigenvalue weighted by atomic mass is 10.1. The topological polar surface area (TPSA) is 76.1 Å². The summed E-state index contributed by atoms with van der Waals surface area (Å²) in [6.45, 7) is 3.50. The summed E-state index contributed by atoms with van der Waals surface area (Å²) in [6, 6.07) is 19.3. The molecule has 0 radical (unpaired) electrons. The molecular formula is C29H29Cl3N4O3. The van der Waals surface area contributed by atoms with Crippen molar-refractivity contribution in [1.29, 1.82) is 0 Å². The Bertz CT molecular complexity index is 1330. The zero-order valence-corrected chi connectivity index (χ0v) is 23.5. The lowest BCUT2D eigenvalue weighted by Gasteiger charge is -2.38. The van der Waals surface area contributed by atoms with Crippen LogP contribution in [0.4, 0.5) is 5.69 Å². The first kappa shape index (κ1) is 27.7. The van der Waals surface area contributed by atoms with Crippen LogP contribution < -0.4 is 5.32 Å². The number of amides is 2. The van der Waals surface area contributed by atoms with Gasteiger partial charge in [0.1, 0.15) is 0 Å². The molecule has 2 saturated heterocycles. The summed E-state index contributed by atoms with van der Waals surface area (Å²) in [5.41, 5.74) is 2.76. The van der Waals surface area contributed by atoms with Crippen molar-refractivity contribution in [3.8, 4) is 0 Å². The molecule has 2 N–H and O–H groups in total. The summed E-state index contributed by atoms with van der Waals surface area (Å²) in [4.78, 5) is 32.1. The second kappa shape index (κ2) is 12.1. The first-order chi connectivity index (χ1) is 18.8. The lowest BCUT2D eigenvalue weighted by molar-refractivity contribution is 0.0376. The highest BCUT2D eigenvalue weighted by molar-refractivity contribution is 6.31.